The van der Waals surface area contributed by atoms with E-state index in [4.69, 9.17) is 23.2 Å². The number of carbonyl (C=O) groups excluding carboxylic acids is 1. The molecule has 2 aromatic rings. The lowest BCUT2D eigenvalue weighted by molar-refractivity contribution is 0.103. The van der Waals surface area contributed by atoms with Crippen molar-refractivity contribution in [3.63, 3.8) is 0 Å². The molecule has 22 heavy (non-hydrogen) atoms. The number of halogens is 4. The maximum atomic E-state index is 12.9. The molecule has 0 bridgehead atoms. The highest BCUT2D eigenvalue weighted by molar-refractivity contribution is 9.08. The molecule has 0 unspecified atom stereocenters. The monoisotopic (exact) mass is 462 g/mol. The summed E-state index contributed by atoms with van der Waals surface area (Å²) in [6.07, 6.45) is 0. The van der Waals surface area contributed by atoms with Crippen LogP contribution in [0.3, 0.4) is 0 Å². The number of hydrogen-bond acceptors (Lipinski definition) is 1. The second kappa shape index (κ2) is 7.48. The van der Waals surface area contributed by atoms with E-state index in [0.717, 1.165) is 22.3 Å². The molecule has 0 aliphatic heterocycles. The number of aryl methyl sites for hydroxylation is 2. The van der Waals surface area contributed by atoms with Gasteiger partial charge in [0.05, 0.1) is 10.0 Å². The summed E-state index contributed by atoms with van der Waals surface area (Å²) in [5.41, 5.74) is 4.76. The van der Waals surface area contributed by atoms with E-state index in [0.29, 0.717) is 31.8 Å². The van der Waals surface area contributed by atoms with Gasteiger partial charge in [0.25, 0.3) is 0 Å². The first-order valence-electron chi connectivity index (χ1n) is 6.63. The number of hydrogen-bond donors (Lipinski definition) is 0. The van der Waals surface area contributed by atoms with Crippen LogP contribution < -0.4 is 0 Å². The van der Waals surface area contributed by atoms with Gasteiger partial charge in [-0.3, -0.25) is 4.79 Å². The SMILES string of the molecule is Cc1cc(CBr)c(Cl)c(C(=O)c2cc(C)cc(CBr)c2Cl)c1. The van der Waals surface area contributed by atoms with Crippen molar-refractivity contribution < 1.29 is 4.79 Å². The molecular formula is C17H14Br2Cl2O. The van der Waals surface area contributed by atoms with Crippen molar-refractivity contribution in [2.24, 2.45) is 0 Å². The third-order valence-electron chi connectivity index (χ3n) is 3.36. The first-order chi connectivity index (χ1) is 10.4. The van der Waals surface area contributed by atoms with E-state index in [9.17, 15) is 4.79 Å². The minimum atomic E-state index is -0.146. The molecule has 0 saturated carbocycles. The first-order valence-corrected chi connectivity index (χ1v) is 9.63. The Morgan fingerprint density at radius 3 is 1.55 bits per heavy atom. The van der Waals surface area contributed by atoms with E-state index < -0.39 is 0 Å². The van der Waals surface area contributed by atoms with E-state index in [1.807, 2.05) is 38.1 Å². The van der Waals surface area contributed by atoms with E-state index in [1.165, 1.54) is 0 Å². The molecule has 2 rings (SSSR count). The molecular weight excluding hydrogens is 451 g/mol. The van der Waals surface area contributed by atoms with Gasteiger partial charge in [-0.15, -0.1) is 0 Å². The molecule has 0 saturated heterocycles. The highest BCUT2D eigenvalue weighted by Crippen LogP contribution is 2.31. The molecule has 0 N–H and O–H groups in total. The Morgan fingerprint density at radius 2 is 1.23 bits per heavy atom. The average Bonchev–Trinajstić information content (AvgIpc) is 2.50. The normalized spacial score (nSPS) is 10.8. The largest absolute Gasteiger partial charge is 0.288 e. The van der Waals surface area contributed by atoms with Crippen LogP contribution in [0.2, 0.25) is 10.0 Å². The van der Waals surface area contributed by atoms with Crippen molar-refractivity contribution in [1.29, 1.82) is 0 Å². The zero-order chi connectivity index (χ0) is 16.4. The van der Waals surface area contributed by atoms with E-state index in [-0.39, 0.29) is 5.78 Å². The zero-order valence-corrected chi connectivity index (χ0v) is 16.8. The minimum Gasteiger partial charge on any atom is -0.288 e. The van der Waals surface area contributed by atoms with Crippen LogP contribution in [0, 0.1) is 13.8 Å². The van der Waals surface area contributed by atoms with Crippen molar-refractivity contribution in [1.82, 2.24) is 0 Å². The fraction of sp³-hybridized carbons (Fsp3) is 0.235. The van der Waals surface area contributed by atoms with Crippen LogP contribution in [0.25, 0.3) is 0 Å². The summed E-state index contributed by atoms with van der Waals surface area (Å²) >= 11 is 19.6. The quantitative estimate of drug-likeness (QED) is 0.366. The fourth-order valence-electron chi connectivity index (χ4n) is 2.36. The standard InChI is InChI=1S/C17H14Br2Cl2O/c1-9-3-11(7-18)15(20)13(5-9)17(22)14-6-10(2)4-12(8-19)16(14)21/h3-6H,7-8H2,1-2H3. The second-order valence-electron chi connectivity index (χ2n) is 5.17. The first kappa shape index (κ1) is 18.0. The van der Waals surface area contributed by atoms with Gasteiger partial charge in [-0.05, 0) is 48.2 Å². The van der Waals surface area contributed by atoms with Gasteiger partial charge in [0, 0.05) is 21.8 Å². The Bertz CT molecular complexity index is 680. The van der Waals surface area contributed by atoms with Crippen molar-refractivity contribution >= 4 is 60.8 Å². The average molecular weight is 465 g/mol. The highest BCUT2D eigenvalue weighted by Gasteiger charge is 2.20. The van der Waals surface area contributed by atoms with Gasteiger partial charge in [-0.1, -0.05) is 67.2 Å². The van der Waals surface area contributed by atoms with Gasteiger partial charge >= 0.3 is 0 Å². The molecule has 0 aromatic heterocycles. The van der Waals surface area contributed by atoms with Gasteiger partial charge < -0.3 is 0 Å². The van der Waals surface area contributed by atoms with Crippen LogP contribution >= 0.6 is 55.1 Å². The molecule has 116 valence electrons. The Morgan fingerprint density at radius 1 is 0.864 bits per heavy atom. The van der Waals surface area contributed by atoms with Crippen molar-refractivity contribution in [2.75, 3.05) is 0 Å². The number of carbonyl (C=O) groups is 1. The summed E-state index contributed by atoms with van der Waals surface area (Å²) in [4.78, 5) is 12.9. The van der Waals surface area contributed by atoms with Crippen LogP contribution in [0.15, 0.2) is 24.3 Å². The summed E-state index contributed by atoms with van der Waals surface area (Å²) in [6.45, 7) is 3.89. The Labute approximate surface area is 157 Å². The number of alkyl halides is 2. The molecule has 1 nitrogen and oxygen atoms in total. The van der Waals surface area contributed by atoms with Crippen molar-refractivity contribution in [3.05, 3.63) is 67.7 Å². The smallest absolute Gasteiger partial charge is 0.196 e. The predicted octanol–water partition coefficient (Wildman–Crippen LogP) is 6.63. The Balaban J connectivity index is 2.63. The maximum absolute atomic E-state index is 12.9. The van der Waals surface area contributed by atoms with E-state index in [2.05, 4.69) is 31.9 Å². The van der Waals surface area contributed by atoms with Gasteiger partial charge in [-0.25, -0.2) is 0 Å². The lowest BCUT2D eigenvalue weighted by atomic mass is 9.96. The summed E-state index contributed by atoms with van der Waals surface area (Å²) in [7, 11) is 0. The number of ketones is 1. The molecule has 0 heterocycles. The lowest BCUT2D eigenvalue weighted by Gasteiger charge is -2.12. The van der Waals surface area contributed by atoms with Crippen molar-refractivity contribution in [2.45, 2.75) is 24.5 Å². The molecule has 0 atom stereocenters. The molecule has 0 spiro atoms. The van der Waals surface area contributed by atoms with Crippen LogP contribution in [0.1, 0.15) is 38.2 Å². The molecule has 0 amide bonds. The Kier molecular flexibility index (Phi) is 6.12. The van der Waals surface area contributed by atoms with E-state index in [1.54, 1.807) is 0 Å². The highest BCUT2D eigenvalue weighted by atomic mass is 79.9. The zero-order valence-electron chi connectivity index (χ0n) is 12.1. The van der Waals surface area contributed by atoms with Gasteiger partial charge in [0.1, 0.15) is 0 Å². The van der Waals surface area contributed by atoms with Gasteiger partial charge in [0.15, 0.2) is 5.78 Å². The molecule has 0 radical (unpaired) electrons. The van der Waals surface area contributed by atoms with Crippen molar-refractivity contribution in [3.8, 4) is 0 Å². The molecule has 5 heteroatoms. The lowest BCUT2D eigenvalue weighted by Crippen LogP contribution is -2.07. The van der Waals surface area contributed by atoms with Crippen LogP contribution in [-0.2, 0) is 10.7 Å². The number of benzene rings is 2. The summed E-state index contributed by atoms with van der Waals surface area (Å²) < 4.78 is 0. The maximum Gasteiger partial charge on any atom is 0.196 e. The third-order valence-corrected chi connectivity index (χ3v) is 5.46. The van der Waals surface area contributed by atoms with Crippen LogP contribution in [-0.4, -0.2) is 5.78 Å². The fourth-order valence-corrected chi connectivity index (χ4v) is 4.09. The van der Waals surface area contributed by atoms with Gasteiger partial charge in [-0.2, -0.15) is 0 Å². The third kappa shape index (κ3) is 3.59. The van der Waals surface area contributed by atoms with E-state index >= 15 is 0 Å². The summed E-state index contributed by atoms with van der Waals surface area (Å²) in [5.74, 6) is -0.146. The Hall–Kier alpha value is -0.350. The second-order valence-corrected chi connectivity index (χ2v) is 7.04. The minimum absolute atomic E-state index is 0.146. The predicted molar refractivity (Wildman–Crippen MR) is 101 cm³/mol. The summed E-state index contributed by atoms with van der Waals surface area (Å²) in [6, 6.07) is 7.55. The molecule has 2 aromatic carbocycles. The van der Waals surface area contributed by atoms with Gasteiger partial charge in [0.2, 0.25) is 0 Å². The molecule has 0 aliphatic carbocycles. The topological polar surface area (TPSA) is 17.1 Å². The molecule has 0 aliphatic rings. The number of rotatable bonds is 4. The summed E-state index contributed by atoms with van der Waals surface area (Å²) in [5, 5.41) is 2.15. The van der Waals surface area contributed by atoms with Crippen LogP contribution in [0.5, 0.6) is 0 Å². The van der Waals surface area contributed by atoms with Crippen LogP contribution in [0.4, 0.5) is 0 Å². The molecule has 0 fully saturated rings.